The number of nitrogens with zero attached hydrogens (tertiary/aromatic N) is 6. The SMILES string of the molecule is CN1CCN(c2ncncc2C(=N)c2ccc3nccnc3c2)CC1. The van der Waals surface area contributed by atoms with E-state index in [1.807, 2.05) is 18.2 Å². The first-order valence-corrected chi connectivity index (χ1v) is 8.26. The van der Waals surface area contributed by atoms with E-state index in [1.54, 1.807) is 24.9 Å². The lowest BCUT2D eigenvalue weighted by Crippen LogP contribution is -2.45. The van der Waals surface area contributed by atoms with E-state index < -0.39 is 0 Å². The smallest absolute Gasteiger partial charge is 0.141 e. The van der Waals surface area contributed by atoms with Crippen molar-refractivity contribution in [2.45, 2.75) is 0 Å². The van der Waals surface area contributed by atoms with Crippen molar-refractivity contribution in [2.24, 2.45) is 0 Å². The van der Waals surface area contributed by atoms with Gasteiger partial charge in [0, 0.05) is 50.3 Å². The third kappa shape index (κ3) is 3.06. The highest BCUT2D eigenvalue weighted by molar-refractivity contribution is 6.14. The van der Waals surface area contributed by atoms with Crippen LogP contribution in [0.15, 0.2) is 43.1 Å². The van der Waals surface area contributed by atoms with Crippen LogP contribution >= 0.6 is 0 Å². The summed E-state index contributed by atoms with van der Waals surface area (Å²) >= 11 is 0. The molecule has 1 aliphatic heterocycles. The molecule has 0 radical (unpaired) electrons. The Labute approximate surface area is 145 Å². The van der Waals surface area contributed by atoms with Gasteiger partial charge in [-0.2, -0.15) is 0 Å². The number of benzene rings is 1. The van der Waals surface area contributed by atoms with E-state index in [4.69, 9.17) is 5.41 Å². The van der Waals surface area contributed by atoms with Crippen molar-refractivity contribution in [3.05, 3.63) is 54.2 Å². The molecule has 4 rings (SSSR count). The van der Waals surface area contributed by atoms with Gasteiger partial charge in [0.2, 0.25) is 0 Å². The second-order valence-electron chi connectivity index (χ2n) is 6.19. The topological polar surface area (TPSA) is 81.9 Å². The average molecular weight is 333 g/mol. The normalized spacial score (nSPS) is 15.5. The van der Waals surface area contributed by atoms with Crippen LogP contribution < -0.4 is 4.90 Å². The number of likely N-dealkylation sites (N-methyl/N-ethyl adjacent to an activating group) is 1. The van der Waals surface area contributed by atoms with Crippen LogP contribution in [0.25, 0.3) is 11.0 Å². The molecule has 7 nitrogen and oxygen atoms in total. The number of piperazine rings is 1. The first-order valence-electron chi connectivity index (χ1n) is 8.26. The van der Waals surface area contributed by atoms with Gasteiger partial charge in [-0.25, -0.2) is 9.97 Å². The van der Waals surface area contributed by atoms with Gasteiger partial charge in [0.05, 0.1) is 22.3 Å². The van der Waals surface area contributed by atoms with Gasteiger partial charge in [-0.05, 0) is 19.2 Å². The van der Waals surface area contributed by atoms with Crippen LogP contribution in [0.3, 0.4) is 0 Å². The van der Waals surface area contributed by atoms with E-state index in [9.17, 15) is 0 Å². The number of anilines is 1. The second-order valence-corrected chi connectivity index (χ2v) is 6.19. The number of aromatic nitrogens is 4. The molecular weight excluding hydrogens is 314 g/mol. The quantitative estimate of drug-likeness (QED) is 0.733. The van der Waals surface area contributed by atoms with Gasteiger partial charge in [0.1, 0.15) is 12.1 Å². The summed E-state index contributed by atoms with van der Waals surface area (Å²) in [6.45, 7) is 3.78. The number of hydrogen-bond acceptors (Lipinski definition) is 7. The van der Waals surface area contributed by atoms with Crippen LogP contribution in [0, 0.1) is 5.41 Å². The minimum absolute atomic E-state index is 0.405. The summed E-state index contributed by atoms with van der Waals surface area (Å²) in [6, 6.07) is 5.69. The monoisotopic (exact) mass is 333 g/mol. The molecule has 3 heterocycles. The van der Waals surface area contributed by atoms with Crippen molar-refractivity contribution in [1.82, 2.24) is 24.8 Å². The van der Waals surface area contributed by atoms with Crippen molar-refractivity contribution in [3.8, 4) is 0 Å². The Morgan fingerprint density at radius 3 is 2.56 bits per heavy atom. The number of fused-ring (bicyclic) bond motifs is 1. The maximum atomic E-state index is 8.68. The molecule has 1 fully saturated rings. The van der Waals surface area contributed by atoms with Crippen LogP contribution in [0.1, 0.15) is 11.1 Å². The highest BCUT2D eigenvalue weighted by atomic mass is 15.3. The van der Waals surface area contributed by atoms with Gasteiger partial charge in [-0.15, -0.1) is 0 Å². The molecule has 126 valence electrons. The highest BCUT2D eigenvalue weighted by Crippen LogP contribution is 2.22. The number of rotatable bonds is 3. The lowest BCUT2D eigenvalue weighted by Gasteiger charge is -2.34. The van der Waals surface area contributed by atoms with Gasteiger partial charge in [-0.3, -0.25) is 15.4 Å². The molecule has 1 aromatic carbocycles. The molecule has 3 aromatic rings. The van der Waals surface area contributed by atoms with Gasteiger partial charge >= 0.3 is 0 Å². The molecule has 7 heteroatoms. The summed E-state index contributed by atoms with van der Waals surface area (Å²) in [6.07, 6.45) is 6.61. The zero-order valence-electron chi connectivity index (χ0n) is 14.1. The Morgan fingerprint density at radius 1 is 1.00 bits per heavy atom. The van der Waals surface area contributed by atoms with Crippen LogP contribution in [0.2, 0.25) is 0 Å². The Morgan fingerprint density at radius 2 is 1.76 bits per heavy atom. The maximum Gasteiger partial charge on any atom is 0.141 e. The summed E-state index contributed by atoms with van der Waals surface area (Å²) in [5, 5.41) is 8.68. The van der Waals surface area contributed by atoms with Crippen LogP contribution in [0.5, 0.6) is 0 Å². The minimum Gasteiger partial charge on any atom is -0.353 e. The van der Waals surface area contributed by atoms with E-state index in [2.05, 4.69) is 36.8 Å². The standard InChI is InChI=1S/C18H19N7/c1-24-6-8-25(9-7-24)18-14(11-20-12-23-18)17(19)13-2-3-15-16(10-13)22-5-4-21-15/h2-5,10-12,19H,6-9H2,1H3. The first kappa shape index (κ1) is 15.6. The molecule has 1 N–H and O–H groups in total. The molecule has 0 amide bonds. The summed E-state index contributed by atoms with van der Waals surface area (Å²) in [7, 11) is 2.12. The van der Waals surface area contributed by atoms with Crippen molar-refractivity contribution < 1.29 is 0 Å². The summed E-state index contributed by atoms with van der Waals surface area (Å²) in [5.74, 6) is 0.826. The van der Waals surface area contributed by atoms with Crippen molar-refractivity contribution in [3.63, 3.8) is 0 Å². The lowest BCUT2D eigenvalue weighted by molar-refractivity contribution is 0.312. The zero-order valence-corrected chi connectivity index (χ0v) is 14.1. The van der Waals surface area contributed by atoms with Gasteiger partial charge in [0.25, 0.3) is 0 Å². The van der Waals surface area contributed by atoms with Gasteiger partial charge in [0.15, 0.2) is 0 Å². The fraction of sp³-hybridized carbons (Fsp3) is 0.278. The van der Waals surface area contributed by atoms with E-state index >= 15 is 0 Å². The van der Waals surface area contributed by atoms with Crippen LogP contribution in [0.4, 0.5) is 5.82 Å². The molecule has 1 saturated heterocycles. The van der Waals surface area contributed by atoms with E-state index in [0.29, 0.717) is 5.71 Å². The predicted octanol–water partition coefficient (Wildman–Crippen LogP) is 1.59. The number of hydrogen-bond donors (Lipinski definition) is 1. The predicted molar refractivity (Wildman–Crippen MR) is 97.2 cm³/mol. The molecule has 0 aliphatic carbocycles. The Kier molecular flexibility index (Phi) is 4.07. The van der Waals surface area contributed by atoms with E-state index in [-0.39, 0.29) is 0 Å². The maximum absolute atomic E-state index is 8.68. The highest BCUT2D eigenvalue weighted by Gasteiger charge is 2.21. The zero-order chi connectivity index (χ0) is 17.2. The summed E-state index contributed by atoms with van der Waals surface area (Å²) < 4.78 is 0. The fourth-order valence-electron chi connectivity index (χ4n) is 3.04. The Bertz CT molecular complexity index is 916. The van der Waals surface area contributed by atoms with Crippen molar-refractivity contribution >= 4 is 22.6 Å². The molecular formula is C18H19N7. The van der Waals surface area contributed by atoms with Crippen molar-refractivity contribution in [2.75, 3.05) is 38.1 Å². The average Bonchev–Trinajstić information content (AvgIpc) is 2.68. The molecule has 1 aliphatic rings. The molecule has 0 saturated carbocycles. The number of nitrogens with one attached hydrogen (secondary N) is 1. The summed E-state index contributed by atoms with van der Waals surface area (Å²) in [4.78, 5) is 21.7. The van der Waals surface area contributed by atoms with E-state index in [1.165, 1.54) is 0 Å². The molecule has 2 aromatic heterocycles. The minimum atomic E-state index is 0.405. The van der Waals surface area contributed by atoms with E-state index in [0.717, 1.165) is 54.2 Å². The van der Waals surface area contributed by atoms with Gasteiger partial charge < -0.3 is 9.80 Å². The fourth-order valence-corrected chi connectivity index (χ4v) is 3.04. The Balaban J connectivity index is 1.69. The molecule has 0 unspecified atom stereocenters. The van der Waals surface area contributed by atoms with Gasteiger partial charge in [-0.1, -0.05) is 6.07 Å². The largest absolute Gasteiger partial charge is 0.353 e. The van der Waals surface area contributed by atoms with Crippen molar-refractivity contribution in [1.29, 1.82) is 5.41 Å². The third-order valence-corrected chi connectivity index (χ3v) is 4.52. The second kappa shape index (κ2) is 6.52. The Hall–Kier alpha value is -2.93. The lowest BCUT2D eigenvalue weighted by atomic mass is 10.0. The molecule has 25 heavy (non-hydrogen) atoms. The third-order valence-electron chi connectivity index (χ3n) is 4.52. The summed E-state index contributed by atoms with van der Waals surface area (Å²) in [5.41, 5.74) is 3.54. The van der Waals surface area contributed by atoms with Crippen LogP contribution in [-0.4, -0.2) is 63.8 Å². The first-order chi connectivity index (χ1) is 12.2. The molecule has 0 atom stereocenters. The molecule has 0 bridgehead atoms. The molecule has 0 spiro atoms. The van der Waals surface area contributed by atoms with Crippen LogP contribution in [-0.2, 0) is 0 Å².